The molecule has 0 aliphatic rings. The van der Waals surface area contributed by atoms with Gasteiger partial charge in [0, 0.05) is 24.4 Å². The van der Waals surface area contributed by atoms with E-state index in [1.54, 1.807) is 31.2 Å². The minimum Gasteiger partial charge on any atom is -0.501 e. The summed E-state index contributed by atoms with van der Waals surface area (Å²) in [5, 5.41) is 5.31. The summed E-state index contributed by atoms with van der Waals surface area (Å²) in [6, 6.07) is 6.90. The second kappa shape index (κ2) is 6.44. The Labute approximate surface area is 106 Å². The van der Waals surface area contributed by atoms with E-state index in [1.807, 2.05) is 0 Å². The summed E-state index contributed by atoms with van der Waals surface area (Å²) in [6.07, 6.45) is 1.35. The molecule has 1 aromatic rings. The number of methoxy groups -OCH3 is 1. The van der Waals surface area contributed by atoms with Gasteiger partial charge in [-0.25, -0.2) is 0 Å². The van der Waals surface area contributed by atoms with Crippen LogP contribution in [-0.4, -0.2) is 18.9 Å². The van der Waals surface area contributed by atoms with Gasteiger partial charge in [0.05, 0.1) is 12.9 Å². The van der Waals surface area contributed by atoms with E-state index in [2.05, 4.69) is 10.6 Å². The van der Waals surface area contributed by atoms with Crippen molar-refractivity contribution in [1.82, 2.24) is 0 Å². The first kappa shape index (κ1) is 13.8. The number of hydrogen-bond acceptors (Lipinski definition) is 3. The van der Waals surface area contributed by atoms with Crippen LogP contribution in [0.2, 0.25) is 0 Å². The molecule has 0 radical (unpaired) electrons. The van der Waals surface area contributed by atoms with Crippen LogP contribution in [0.3, 0.4) is 0 Å². The van der Waals surface area contributed by atoms with Gasteiger partial charge in [-0.1, -0.05) is 6.07 Å². The van der Waals surface area contributed by atoms with Crippen LogP contribution >= 0.6 is 0 Å². The number of amides is 2. The first-order valence-electron chi connectivity index (χ1n) is 5.42. The fourth-order valence-corrected chi connectivity index (χ4v) is 1.30. The molecule has 0 saturated carbocycles. The van der Waals surface area contributed by atoms with Crippen LogP contribution in [-0.2, 0) is 14.3 Å². The third kappa shape index (κ3) is 4.69. The quantitative estimate of drug-likeness (QED) is 0.633. The molecule has 96 valence electrons. The normalized spacial score (nSPS) is 10.7. The number of rotatable bonds is 4. The highest BCUT2D eigenvalue weighted by atomic mass is 16.5. The number of hydrogen-bond donors (Lipinski definition) is 2. The van der Waals surface area contributed by atoms with Crippen molar-refractivity contribution in [3.05, 3.63) is 36.1 Å². The SMILES string of the molecule is CO/C(C)=C\C(=O)Nc1cccc(NC(C)=O)c1. The fourth-order valence-electron chi connectivity index (χ4n) is 1.30. The predicted molar refractivity (Wildman–Crippen MR) is 70.1 cm³/mol. The molecule has 1 rings (SSSR count). The summed E-state index contributed by atoms with van der Waals surface area (Å²) in [6.45, 7) is 3.11. The Balaban J connectivity index is 2.73. The van der Waals surface area contributed by atoms with Crippen LogP contribution in [0.25, 0.3) is 0 Å². The van der Waals surface area contributed by atoms with Crippen molar-refractivity contribution in [1.29, 1.82) is 0 Å². The zero-order chi connectivity index (χ0) is 13.5. The molecule has 0 saturated heterocycles. The van der Waals surface area contributed by atoms with E-state index in [9.17, 15) is 9.59 Å². The number of carbonyl (C=O) groups excluding carboxylic acids is 2. The van der Waals surface area contributed by atoms with Gasteiger partial charge in [-0.3, -0.25) is 9.59 Å². The molecule has 2 amide bonds. The Morgan fingerprint density at radius 1 is 1.17 bits per heavy atom. The van der Waals surface area contributed by atoms with E-state index in [-0.39, 0.29) is 11.8 Å². The Kier molecular flexibility index (Phi) is 4.92. The first-order valence-corrected chi connectivity index (χ1v) is 5.42. The van der Waals surface area contributed by atoms with E-state index in [1.165, 1.54) is 20.1 Å². The molecule has 0 atom stereocenters. The summed E-state index contributed by atoms with van der Waals surface area (Å²) in [5.41, 5.74) is 1.24. The molecule has 0 unspecified atom stereocenters. The first-order chi connectivity index (χ1) is 8.51. The summed E-state index contributed by atoms with van der Waals surface area (Å²) >= 11 is 0. The smallest absolute Gasteiger partial charge is 0.251 e. The van der Waals surface area contributed by atoms with Crippen LogP contribution in [0.4, 0.5) is 11.4 Å². The molecule has 1 aromatic carbocycles. The topological polar surface area (TPSA) is 67.4 Å². The molecular weight excluding hydrogens is 232 g/mol. The second-order valence-electron chi connectivity index (χ2n) is 3.71. The highest BCUT2D eigenvalue weighted by Crippen LogP contribution is 2.15. The van der Waals surface area contributed by atoms with Crippen molar-refractivity contribution in [3.8, 4) is 0 Å². The monoisotopic (exact) mass is 248 g/mol. The van der Waals surface area contributed by atoms with Crippen molar-refractivity contribution in [2.24, 2.45) is 0 Å². The van der Waals surface area contributed by atoms with Crippen molar-refractivity contribution in [2.45, 2.75) is 13.8 Å². The van der Waals surface area contributed by atoms with Crippen LogP contribution in [0.15, 0.2) is 36.1 Å². The summed E-state index contributed by atoms with van der Waals surface area (Å²) in [5.74, 6) is 0.0773. The highest BCUT2D eigenvalue weighted by Gasteiger charge is 2.01. The number of nitrogens with one attached hydrogen (secondary N) is 2. The Morgan fingerprint density at radius 2 is 1.78 bits per heavy atom. The van der Waals surface area contributed by atoms with Crippen molar-refractivity contribution >= 4 is 23.2 Å². The maximum Gasteiger partial charge on any atom is 0.251 e. The van der Waals surface area contributed by atoms with Gasteiger partial charge in [-0.15, -0.1) is 0 Å². The van der Waals surface area contributed by atoms with Gasteiger partial charge >= 0.3 is 0 Å². The van der Waals surface area contributed by atoms with Crippen LogP contribution in [0, 0.1) is 0 Å². The number of carbonyl (C=O) groups is 2. The molecule has 18 heavy (non-hydrogen) atoms. The molecule has 5 heteroatoms. The zero-order valence-electron chi connectivity index (χ0n) is 10.6. The third-order valence-corrected chi connectivity index (χ3v) is 2.11. The lowest BCUT2D eigenvalue weighted by molar-refractivity contribution is -0.114. The lowest BCUT2D eigenvalue weighted by atomic mass is 10.2. The summed E-state index contributed by atoms with van der Waals surface area (Å²) in [7, 11) is 1.50. The van der Waals surface area contributed by atoms with Crippen molar-refractivity contribution in [2.75, 3.05) is 17.7 Å². The molecule has 0 bridgehead atoms. The van der Waals surface area contributed by atoms with Gasteiger partial charge in [-0.2, -0.15) is 0 Å². The van der Waals surface area contributed by atoms with Gasteiger partial charge in [0.25, 0.3) is 5.91 Å². The van der Waals surface area contributed by atoms with Crippen LogP contribution in [0.5, 0.6) is 0 Å². The molecule has 0 aliphatic carbocycles. The van der Waals surface area contributed by atoms with E-state index < -0.39 is 0 Å². The maximum atomic E-state index is 11.6. The Hall–Kier alpha value is -2.30. The predicted octanol–water partition coefficient (Wildman–Crippen LogP) is 2.13. The molecule has 0 aromatic heterocycles. The number of allylic oxidation sites excluding steroid dienone is 1. The third-order valence-electron chi connectivity index (χ3n) is 2.11. The molecule has 2 N–H and O–H groups in total. The van der Waals surface area contributed by atoms with Gasteiger partial charge in [0.1, 0.15) is 0 Å². The zero-order valence-corrected chi connectivity index (χ0v) is 10.6. The molecule has 0 heterocycles. The highest BCUT2D eigenvalue weighted by molar-refractivity contribution is 6.00. The van der Waals surface area contributed by atoms with Gasteiger partial charge < -0.3 is 15.4 Å². The lowest BCUT2D eigenvalue weighted by Crippen LogP contribution is -2.10. The minimum absolute atomic E-state index is 0.159. The number of benzene rings is 1. The average molecular weight is 248 g/mol. The van der Waals surface area contributed by atoms with E-state index in [0.717, 1.165) is 0 Å². The van der Waals surface area contributed by atoms with Crippen LogP contribution < -0.4 is 10.6 Å². The Morgan fingerprint density at radius 3 is 2.33 bits per heavy atom. The van der Waals surface area contributed by atoms with E-state index in [4.69, 9.17) is 4.74 Å². The molecule has 0 aliphatic heterocycles. The average Bonchev–Trinajstić information content (AvgIpc) is 2.28. The molecule has 5 nitrogen and oxygen atoms in total. The van der Waals surface area contributed by atoms with E-state index >= 15 is 0 Å². The minimum atomic E-state index is -0.283. The van der Waals surface area contributed by atoms with Gasteiger partial charge in [0.15, 0.2) is 0 Å². The van der Waals surface area contributed by atoms with Gasteiger partial charge in [0.2, 0.25) is 5.91 Å². The summed E-state index contributed by atoms with van der Waals surface area (Å²) < 4.78 is 4.88. The molecule has 0 fully saturated rings. The summed E-state index contributed by atoms with van der Waals surface area (Å²) in [4.78, 5) is 22.5. The molecule has 0 spiro atoms. The largest absolute Gasteiger partial charge is 0.501 e. The standard InChI is InChI=1S/C13H16N2O3/c1-9(18-3)7-13(17)15-12-6-4-5-11(8-12)14-10(2)16/h4-8H,1-3H3,(H,14,16)(H,15,17)/b9-7-. The number of ether oxygens (including phenoxy) is 1. The van der Waals surface area contributed by atoms with Crippen molar-refractivity contribution < 1.29 is 14.3 Å². The van der Waals surface area contributed by atoms with Crippen LogP contribution in [0.1, 0.15) is 13.8 Å². The van der Waals surface area contributed by atoms with E-state index in [0.29, 0.717) is 17.1 Å². The maximum absolute atomic E-state index is 11.6. The number of anilines is 2. The second-order valence-corrected chi connectivity index (χ2v) is 3.71. The Bertz CT molecular complexity index is 481. The van der Waals surface area contributed by atoms with Gasteiger partial charge in [-0.05, 0) is 25.1 Å². The lowest BCUT2D eigenvalue weighted by Gasteiger charge is -2.06. The molecular formula is C13H16N2O3. The van der Waals surface area contributed by atoms with Crippen molar-refractivity contribution in [3.63, 3.8) is 0 Å². The fraction of sp³-hybridized carbons (Fsp3) is 0.231.